The van der Waals surface area contributed by atoms with Crippen LogP contribution in [0.1, 0.15) is 21.5 Å². The summed E-state index contributed by atoms with van der Waals surface area (Å²) >= 11 is 0. The van der Waals surface area contributed by atoms with Gasteiger partial charge in [0.25, 0.3) is 5.91 Å². The third kappa shape index (κ3) is 4.25. The lowest BCUT2D eigenvalue weighted by molar-refractivity contribution is -0.115. The lowest BCUT2D eigenvalue weighted by Crippen LogP contribution is -2.41. The van der Waals surface area contributed by atoms with Gasteiger partial charge in [-0.3, -0.25) is 9.59 Å². The third-order valence-corrected chi connectivity index (χ3v) is 4.34. The Labute approximate surface area is 147 Å². The summed E-state index contributed by atoms with van der Waals surface area (Å²) in [7, 11) is 0. The second kappa shape index (κ2) is 7.94. The van der Waals surface area contributed by atoms with Crippen molar-refractivity contribution in [3.05, 3.63) is 65.2 Å². The van der Waals surface area contributed by atoms with Gasteiger partial charge < -0.3 is 15.0 Å². The van der Waals surface area contributed by atoms with Crippen LogP contribution in [0.15, 0.2) is 48.5 Å². The Bertz CT molecular complexity index is 767. The lowest BCUT2D eigenvalue weighted by atomic mass is 10.1. The number of benzene rings is 2. The molecule has 1 aliphatic heterocycles. The predicted octanol–water partition coefficient (Wildman–Crippen LogP) is 2.65. The molecule has 0 bridgehead atoms. The molecule has 130 valence electrons. The summed E-state index contributed by atoms with van der Waals surface area (Å²) in [4.78, 5) is 26.9. The maximum atomic E-state index is 12.7. The number of carbonyl (C=O) groups excluding carboxylic acids is 2. The van der Waals surface area contributed by atoms with E-state index < -0.39 is 0 Å². The first-order valence-electron chi connectivity index (χ1n) is 8.45. The number of aryl methyl sites for hydroxylation is 1. The molecule has 1 saturated heterocycles. The summed E-state index contributed by atoms with van der Waals surface area (Å²) in [6.45, 7) is 4.23. The zero-order valence-corrected chi connectivity index (χ0v) is 14.3. The SMILES string of the molecule is Cc1ccccc1CC(=O)Nc1ccccc1C(=O)N1CCOCC1. The number of nitrogens with one attached hydrogen (secondary N) is 1. The van der Waals surface area contributed by atoms with Gasteiger partial charge in [0.15, 0.2) is 0 Å². The number of carbonyl (C=O) groups is 2. The molecule has 0 aliphatic carbocycles. The van der Waals surface area contributed by atoms with Crippen LogP contribution in [0.5, 0.6) is 0 Å². The van der Waals surface area contributed by atoms with E-state index in [2.05, 4.69) is 5.32 Å². The van der Waals surface area contributed by atoms with Gasteiger partial charge in [-0.05, 0) is 30.2 Å². The molecular weight excluding hydrogens is 316 g/mol. The van der Waals surface area contributed by atoms with Crippen molar-refractivity contribution in [1.29, 1.82) is 0 Å². The van der Waals surface area contributed by atoms with Crippen molar-refractivity contribution in [2.24, 2.45) is 0 Å². The first-order valence-corrected chi connectivity index (χ1v) is 8.45. The van der Waals surface area contributed by atoms with Crippen LogP contribution in [0.25, 0.3) is 0 Å². The van der Waals surface area contributed by atoms with E-state index in [0.717, 1.165) is 11.1 Å². The van der Waals surface area contributed by atoms with Crippen LogP contribution < -0.4 is 5.32 Å². The first kappa shape index (κ1) is 17.2. The van der Waals surface area contributed by atoms with Crippen molar-refractivity contribution < 1.29 is 14.3 Å². The largest absolute Gasteiger partial charge is 0.378 e. The summed E-state index contributed by atoms with van der Waals surface area (Å²) in [6, 6.07) is 14.9. The Morgan fingerprint density at radius 3 is 2.48 bits per heavy atom. The highest BCUT2D eigenvalue weighted by Crippen LogP contribution is 2.19. The molecule has 0 radical (unpaired) electrons. The van der Waals surface area contributed by atoms with E-state index in [1.165, 1.54) is 0 Å². The van der Waals surface area contributed by atoms with Crippen LogP contribution in [0.4, 0.5) is 5.69 Å². The molecule has 0 spiro atoms. The molecule has 1 aliphatic rings. The quantitative estimate of drug-likeness (QED) is 0.932. The number of amides is 2. The fourth-order valence-electron chi connectivity index (χ4n) is 2.89. The molecule has 5 heteroatoms. The molecule has 2 amide bonds. The standard InChI is InChI=1S/C20H22N2O3/c1-15-6-2-3-7-16(15)14-19(23)21-18-9-5-4-8-17(18)20(24)22-10-12-25-13-11-22/h2-9H,10-14H2,1H3,(H,21,23). The highest BCUT2D eigenvalue weighted by atomic mass is 16.5. The molecule has 1 fully saturated rings. The Kier molecular flexibility index (Phi) is 5.46. The molecule has 1 heterocycles. The smallest absolute Gasteiger partial charge is 0.256 e. The van der Waals surface area contributed by atoms with Crippen molar-refractivity contribution in [1.82, 2.24) is 4.90 Å². The number of morpholine rings is 1. The van der Waals surface area contributed by atoms with Gasteiger partial charge in [-0.2, -0.15) is 0 Å². The number of anilines is 1. The minimum absolute atomic E-state index is 0.0740. The van der Waals surface area contributed by atoms with Gasteiger partial charge in [0.2, 0.25) is 5.91 Å². The van der Waals surface area contributed by atoms with Crippen molar-refractivity contribution >= 4 is 17.5 Å². The number of nitrogens with zero attached hydrogens (tertiary/aromatic N) is 1. The highest BCUT2D eigenvalue weighted by molar-refractivity contribution is 6.04. The minimum atomic E-state index is -0.128. The number of hydrogen-bond acceptors (Lipinski definition) is 3. The number of rotatable bonds is 4. The summed E-state index contributed by atoms with van der Waals surface area (Å²) in [5.74, 6) is -0.202. The van der Waals surface area contributed by atoms with E-state index in [1.54, 1.807) is 17.0 Å². The fraction of sp³-hybridized carbons (Fsp3) is 0.300. The molecule has 0 saturated carbocycles. The van der Waals surface area contributed by atoms with Gasteiger partial charge in [0.05, 0.1) is 30.9 Å². The molecule has 0 atom stereocenters. The number of ether oxygens (including phenoxy) is 1. The molecule has 0 aromatic heterocycles. The Hall–Kier alpha value is -2.66. The number of hydrogen-bond donors (Lipinski definition) is 1. The van der Waals surface area contributed by atoms with Gasteiger partial charge in [0.1, 0.15) is 0 Å². The molecule has 0 unspecified atom stereocenters. The Balaban J connectivity index is 1.73. The van der Waals surface area contributed by atoms with Crippen molar-refractivity contribution in [2.45, 2.75) is 13.3 Å². The van der Waals surface area contributed by atoms with Crippen LogP contribution >= 0.6 is 0 Å². The van der Waals surface area contributed by atoms with Crippen LogP contribution in [0, 0.1) is 6.92 Å². The second-order valence-corrected chi connectivity index (χ2v) is 6.10. The van der Waals surface area contributed by atoms with Crippen molar-refractivity contribution in [3.63, 3.8) is 0 Å². The van der Waals surface area contributed by atoms with E-state index in [-0.39, 0.29) is 18.2 Å². The van der Waals surface area contributed by atoms with E-state index in [9.17, 15) is 9.59 Å². The molecule has 2 aromatic rings. The normalized spacial score (nSPS) is 14.2. The highest BCUT2D eigenvalue weighted by Gasteiger charge is 2.21. The maximum absolute atomic E-state index is 12.7. The molecule has 5 nitrogen and oxygen atoms in total. The predicted molar refractivity (Wildman–Crippen MR) is 96.7 cm³/mol. The van der Waals surface area contributed by atoms with E-state index in [1.807, 2.05) is 43.3 Å². The summed E-state index contributed by atoms with van der Waals surface area (Å²) in [5.41, 5.74) is 3.13. The van der Waals surface area contributed by atoms with Gasteiger partial charge in [-0.15, -0.1) is 0 Å². The van der Waals surface area contributed by atoms with Gasteiger partial charge in [0, 0.05) is 13.1 Å². The topological polar surface area (TPSA) is 58.6 Å². The van der Waals surface area contributed by atoms with Crippen LogP contribution in [0.2, 0.25) is 0 Å². The van der Waals surface area contributed by atoms with Crippen LogP contribution in [-0.2, 0) is 16.0 Å². The summed E-state index contributed by atoms with van der Waals surface area (Å²) < 4.78 is 5.29. The van der Waals surface area contributed by atoms with Crippen molar-refractivity contribution in [3.8, 4) is 0 Å². The van der Waals surface area contributed by atoms with Gasteiger partial charge >= 0.3 is 0 Å². The summed E-state index contributed by atoms with van der Waals surface area (Å²) in [6.07, 6.45) is 0.284. The average Bonchev–Trinajstić information content (AvgIpc) is 2.64. The molecule has 1 N–H and O–H groups in total. The zero-order chi connectivity index (χ0) is 17.6. The Morgan fingerprint density at radius 1 is 1.04 bits per heavy atom. The average molecular weight is 338 g/mol. The van der Waals surface area contributed by atoms with E-state index >= 15 is 0 Å². The van der Waals surface area contributed by atoms with E-state index in [0.29, 0.717) is 37.6 Å². The molecule has 3 rings (SSSR count). The monoisotopic (exact) mass is 338 g/mol. The maximum Gasteiger partial charge on any atom is 0.256 e. The van der Waals surface area contributed by atoms with Crippen LogP contribution in [-0.4, -0.2) is 43.0 Å². The molecular formula is C20H22N2O3. The Morgan fingerprint density at radius 2 is 1.72 bits per heavy atom. The molecule has 25 heavy (non-hydrogen) atoms. The van der Waals surface area contributed by atoms with E-state index in [4.69, 9.17) is 4.74 Å². The zero-order valence-electron chi connectivity index (χ0n) is 14.3. The van der Waals surface area contributed by atoms with Crippen LogP contribution in [0.3, 0.4) is 0 Å². The second-order valence-electron chi connectivity index (χ2n) is 6.10. The van der Waals surface area contributed by atoms with Gasteiger partial charge in [-0.1, -0.05) is 36.4 Å². The fourth-order valence-corrected chi connectivity index (χ4v) is 2.89. The summed E-state index contributed by atoms with van der Waals surface area (Å²) in [5, 5.41) is 2.89. The third-order valence-electron chi connectivity index (χ3n) is 4.34. The minimum Gasteiger partial charge on any atom is -0.378 e. The van der Waals surface area contributed by atoms with Gasteiger partial charge in [-0.25, -0.2) is 0 Å². The van der Waals surface area contributed by atoms with Crippen molar-refractivity contribution in [2.75, 3.05) is 31.6 Å². The lowest BCUT2D eigenvalue weighted by Gasteiger charge is -2.27. The first-order chi connectivity index (χ1) is 12.1. The molecule has 2 aromatic carbocycles. The number of para-hydroxylation sites is 1.